The van der Waals surface area contributed by atoms with Gasteiger partial charge in [0.1, 0.15) is 5.60 Å². The molecule has 0 aromatic rings. The average Bonchev–Trinajstić information content (AvgIpc) is 3.44. The molecule has 3 fully saturated rings. The van der Waals surface area contributed by atoms with Gasteiger partial charge in [0.05, 0.1) is 19.8 Å². The van der Waals surface area contributed by atoms with Crippen molar-refractivity contribution < 1.29 is 14.3 Å². The summed E-state index contributed by atoms with van der Waals surface area (Å²) in [6, 6.07) is 0.252. The molecule has 2 heterocycles. The molecular weight excluding hydrogens is 368 g/mol. The normalized spacial score (nSPS) is 22.8. The molecule has 0 bridgehead atoms. The maximum atomic E-state index is 12.8. The van der Waals surface area contributed by atoms with Crippen LogP contribution in [0.25, 0.3) is 0 Å². The third kappa shape index (κ3) is 6.49. The highest BCUT2D eigenvalue weighted by Crippen LogP contribution is 2.32. The minimum atomic E-state index is -0.453. The fourth-order valence-electron chi connectivity index (χ4n) is 3.89. The number of hydrogen-bond acceptors (Lipinski definition) is 4. The predicted octanol–water partition coefficient (Wildman–Crippen LogP) is 3.10. The first-order valence-electron chi connectivity index (χ1n) is 11.3. The lowest BCUT2D eigenvalue weighted by atomic mass is 9.89. The Balaban J connectivity index is 1.58. The summed E-state index contributed by atoms with van der Waals surface area (Å²) in [5.74, 6) is 1.65. The summed E-state index contributed by atoms with van der Waals surface area (Å²) in [4.78, 5) is 22.1. The molecule has 0 aromatic heterocycles. The van der Waals surface area contributed by atoms with Crippen LogP contribution in [0.1, 0.15) is 60.3 Å². The minimum absolute atomic E-state index is 0.152. The number of likely N-dealkylation sites (tertiary alicyclic amines) is 1. The molecule has 0 aromatic carbocycles. The monoisotopic (exact) mass is 408 g/mol. The number of ether oxygens (including phenoxy) is 2. The molecule has 0 spiro atoms. The summed E-state index contributed by atoms with van der Waals surface area (Å²) in [5.41, 5.74) is -0.275. The van der Waals surface area contributed by atoms with Gasteiger partial charge in [0.25, 0.3) is 0 Å². The van der Waals surface area contributed by atoms with E-state index in [9.17, 15) is 4.79 Å². The second kappa shape index (κ2) is 9.11. The smallest absolute Gasteiger partial charge is 0.410 e. The van der Waals surface area contributed by atoms with Crippen molar-refractivity contribution in [2.24, 2.45) is 16.3 Å². The SMILES string of the molecule is CCNC(=NCC1(C)COC1)N1CCC(N(CC2CC2)C(=O)OC(C)(C)C)CC1. The number of hydrogen-bond donors (Lipinski definition) is 1. The van der Waals surface area contributed by atoms with Gasteiger partial charge in [-0.2, -0.15) is 0 Å². The molecule has 29 heavy (non-hydrogen) atoms. The highest BCUT2D eigenvalue weighted by molar-refractivity contribution is 5.80. The van der Waals surface area contributed by atoms with Gasteiger partial charge < -0.3 is 24.6 Å². The van der Waals surface area contributed by atoms with Crippen molar-refractivity contribution in [3.63, 3.8) is 0 Å². The molecule has 1 N–H and O–H groups in total. The number of rotatable bonds is 6. The van der Waals surface area contributed by atoms with E-state index in [1.807, 2.05) is 25.7 Å². The van der Waals surface area contributed by atoms with Crippen LogP contribution in [0.15, 0.2) is 4.99 Å². The number of aliphatic imine (C=N–C) groups is 1. The lowest BCUT2D eigenvalue weighted by molar-refractivity contribution is -0.0946. The molecule has 1 aliphatic carbocycles. The average molecular weight is 409 g/mol. The molecule has 2 saturated heterocycles. The number of nitrogens with one attached hydrogen (secondary N) is 1. The second-order valence-corrected chi connectivity index (χ2v) is 10.3. The molecule has 7 nitrogen and oxygen atoms in total. The zero-order chi connectivity index (χ0) is 21.1. The summed E-state index contributed by atoms with van der Waals surface area (Å²) in [6.07, 6.45) is 4.23. The van der Waals surface area contributed by atoms with E-state index in [4.69, 9.17) is 14.5 Å². The van der Waals surface area contributed by atoms with E-state index in [1.54, 1.807) is 0 Å². The van der Waals surface area contributed by atoms with Crippen molar-refractivity contribution in [3.8, 4) is 0 Å². The first-order chi connectivity index (χ1) is 13.7. The fraction of sp³-hybridized carbons (Fsp3) is 0.909. The third-order valence-corrected chi connectivity index (χ3v) is 5.83. The number of carbonyl (C=O) groups excluding carboxylic acids is 1. The van der Waals surface area contributed by atoms with Gasteiger partial charge in [0.15, 0.2) is 5.96 Å². The lowest BCUT2D eigenvalue weighted by Gasteiger charge is -2.41. The summed E-state index contributed by atoms with van der Waals surface area (Å²) >= 11 is 0. The summed E-state index contributed by atoms with van der Waals surface area (Å²) in [6.45, 7) is 16.1. The van der Waals surface area contributed by atoms with Crippen molar-refractivity contribution in [2.45, 2.75) is 71.9 Å². The first-order valence-corrected chi connectivity index (χ1v) is 11.3. The van der Waals surface area contributed by atoms with E-state index in [-0.39, 0.29) is 17.6 Å². The van der Waals surface area contributed by atoms with Gasteiger partial charge in [-0.25, -0.2) is 4.79 Å². The van der Waals surface area contributed by atoms with E-state index < -0.39 is 5.60 Å². The molecule has 0 unspecified atom stereocenters. The van der Waals surface area contributed by atoms with Crippen LogP contribution in [0, 0.1) is 11.3 Å². The van der Waals surface area contributed by atoms with Crippen LogP contribution in [0.3, 0.4) is 0 Å². The Morgan fingerprint density at radius 3 is 2.38 bits per heavy atom. The second-order valence-electron chi connectivity index (χ2n) is 10.3. The van der Waals surface area contributed by atoms with Crippen LogP contribution in [-0.2, 0) is 9.47 Å². The van der Waals surface area contributed by atoms with Crippen LogP contribution < -0.4 is 5.32 Å². The van der Waals surface area contributed by atoms with Gasteiger partial charge in [-0.15, -0.1) is 0 Å². The lowest BCUT2D eigenvalue weighted by Crippen LogP contribution is -2.53. The predicted molar refractivity (Wildman–Crippen MR) is 115 cm³/mol. The Labute approximate surface area is 176 Å². The minimum Gasteiger partial charge on any atom is -0.444 e. The van der Waals surface area contributed by atoms with Crippen molar-refractivity contribution in [3.05, 3.63) is 0 Å². The molecule has 1 saturated carbocycles. The Morgan fingerprint density at radius 1 is 1.24 bits per heavy atom. The van der Waals surface area contributed by atoms with Gasteiger partial charge in [-0.1, -0.05) is 6.92 Å². The van der Waals surface area contributed by atoms with Gasteiger partial charge in [-0.05, 0) is 59.3 Å². The fourth-order valence-corrected chi connectivity index (χ4v) is 3.89. The quantitative estimate of drug-likeness (QED) is 0.540. The van der Waals surface area contributed by atoms with Gasteiger partial charge in [-0.3, -0.25) is 4.99 Å². The maximum Gasteiger partial charge on any atom is 0.410 e. The van der Waals surface area contributed by atoms with Gasteiger partial charge in [0, 0.05) is 37.6 Å². The van der Waals surface area contributed by atoms with Gasteiger partial charge >= 0.3 is 6.09 Å². The number of carbonyl (C=O) groups is 1. The van der Waals surface area contributed by atoms with Crippen LogP contribution >= 0.6 is 0 Å². The maximum absolute atomic E-state index is 12.8. The molecule has 3 aliphatic rings. The largest absolute Gasteiger partial charge is 0.444 e. The standard InChI is InChI=1S/C22H40N4O3/c1-6-23-19(24-14-22(5)15-28-16-22)25-11-9-18(10-12-25)26(13-17-7-8-17)20(27)29-21(2,3)4/h17-18H,6-16H2,1-5H3,(H,23,24). The molecule has 0 atom stereocenters. The number of amides is 1. The Bertz CT molecular complexity index is 585. The highest BCUT2D eigenvalue weighted by atomic mass is 16.6. The number of nitrogens with zero attached hydrogens (tertiary/aromatic N) is 3. The Morgan fingerprint density at radius 2 is 1.90 bits per heavy atom. The van der Waals surface area contributed by atoms with Crippen LogP contribution in [-0.4, -0.2) is 79.4 Å². The Kier molecular flexibility index (Phi) is 6.97. The topological polar surface area (TPSA) is 66.4 Å². The molecule has 3 rings (SSSR count). The van der Waals surface area contributed by atoms with Crippen molar-refractivity contribution in [1.82, 2.24) is 15.1 Å². The summed E-state index contributed by atoms with van der Waals surface area (Å²) in [5, 5.41) is 3.44. The molecule has 1 amide bonds. The molecule has 2 aliphatic heterocycles. The van der Waals surface area contributed by atoms with Crippen LogP contribution in [0.5, 0.6) is 0 Å². The summed E-state index contributed by atoms with van der Waals surface area (Å²) < 4.78 is 11.1. The number of piperidine rings is 1. The van der Waals surface area contributed by atoms with Crippen LogP contribution in [0.2, 0.25) is 0 Å². The number of guanidine groups is 1. The van der Waals surface area contributed by atoms with Gasteiger partial charge in [0.2, 0.25) is 0 Å². The molecule has 0 radical (unpaired) electrons. The third-order valence-electron chi connectivity index (χ3n) is 5.83. The highest BCUT2D eigenvalue weighted by Gasteiger charge is 2.36. The van der Waals surface area contributed by atoms with E-state index in [2.05, 4.69) is 24.1 Å². The first kappa shape index (κ1) is 22.2. The van der Waals surface area contributed by atoms with E-state index >= 15 is 0 Å². The van der Waals surface area contributed by atoms with Crippen molar-refractivity contribution in [1.29, 1.82) is 0 Å². The van der Waals surface area contributed by atoms with E-state index in [0.717, 1.165) is 64.7 Å². The molecule has 166 valence electrons. The van der Waals surface area contributed by atoms with Crippen molar-refractivity contribution in [2.75, 3.05) is 45.9 Å². The molecular formula is C22H40N4O3. The zero-order valence-electron chi connectivity index (χ0n) is 19.0. The Hall–Kier alpha value is -1.50. The van der Waals surface area contributed by atoms with E-state index in [1.165, 1.54) is 12.8 Å². The molecule has 7 heteroatoms. The zero-order valence-corrected chi connectivity index (χ0v) is 19.0. The van der Waals surface area contributed by atoms with Crippen molar-refractivity contribution >= 4 is 12.1 Å². The summed E-state index contributed by atoms with van der Waals surface area (Å²) in [7, 11) is 0. The van der Waals surface area contributed by atoms with Crippen LogP contribution in [0.4, 0.5) is 4.79 Å². The van der Waals surface area contributed by atoms with E-state index in [0.29, 0.717) is 5.92 Å².